The Morgan fingerprint density at radius 3 is 2.52 bits per heavy atom. The van der Waals surface area contributed by atoms with E-state index in [-0.39, 0.29) is 5.63 Å². The van der Waals surface area contributed by atoms with Gasteiger partial charge < -0.3 is 8.83 Å². The molecule has 136 valence electrons. The Hall–Kier alpha value is -2.85. The largest absolute Gasteiger partial charge is 0.464 e. The van der Waals surface area contributed by atoms with Crippen LogP contribution in [0.4, 0.5) is 0 Å². The van der Waals surface area contributed by atoms with Crippen LogP contribution in [0, 0.1) is 0 Å². The third-order valence-corrected chi connectivity index (χ3v) is 5.45. The molecule has 0 saturated carbocycles. The molecule has 0 N–H and O–H groups in total. The van der Waals surface area contributed by atoms with Crippen LogP contribution >= 0.6 is 0 Å². The third-order valence-electron chi connectivity index (χ3n) is 5.45. The second-order valence-corrected chi connectivity index (χ2v) is 7.29. The normalized spacial score (nSPS) is 15.6. The van der Waals surface area contributed by atoms with E-state index in [9.17, 15) is 4.79 Å². The third kappa shape index (κ3) is 3.06. The second-order valence-electron chi connectivity index (χ2n) is 7.29. The molecule has 5 rings (SSSR count). The molecule has 4 nitrogen and oxygen atoms in total. The summed E-state index contributed by atoms with van der Waals surface area (Å²) in [7, 11) is 0. The molecule has 0 amide bonds. The van der Waals surface area contributed by atoms with Gasteiger partial charge in [-0.25, -0.2) is 4.79 Å². The Balaban J connectivity index is 1.67. The van der Waals surface area contributed by atoms with Crippen LogP contribution in [0.1, 0.15) is 24.8 Å². The van der Waals surface area contributed by atoms with Crippen LogP contribution in [0.3, 0.4) is 0 Å². The van der Waals surface area contributed by atoms with Gasteiger partial charge >= 0.3 is 5.63 Å². The first-order valence-corrected chi connectivity index (χ1v) is 9.54. The van der Waals surface area contributed by atoms with E-state index in [1.54, 1.807) is 12.3 Å². The molecule has 3 heterocycles. The molecule has 2 aromatic heterocycles. The molecule has 0 aliphatic carbocycles. The summed E-state index contributed by atoms with van der Waals surface area (Å²) < 4.78 is 11.2. The number of furan rings is 1. The van der Waals surface area contributed by atoms with Crippen LogP contribution in [0.5, 0.6) is 0 Å². The molecule has 0 unspecified atom stereocenters. The van der Waals surface area contributed by atoms with Crippen LogP contribution in [-0.4, -0.2) is 18.0 Å². The highest BCUT2D eigenvalue weighted by atomic mass is 16.4. The molecule has 1 aliphatic heterocycles. The van der Waals surface area contributed by atoms with Crippen LogP contribution in [0.15, 0.2) is 68.4 Å². The number of likely N-dealkylation sites (tertiary alicyclic amines) is 1. The second kappa shape index (κ2) is 6.71. The summed E-state index contributed by atoms with van der Waals surface area (Å²) >= 11 is 0. The van der Waals surface area contributed by atoms with Crippen molar-refractivity contribution in [2.45, 2.75) is 25.8 Å². The van der Waals surface area contributed by atoms with E-state index in [0.717, 1.165) is 52.7 Å². The van der Waals surface area contributed by atoms with Crippen molar-refractivity contribution in [1.82, 2.24) is 4.90 Å². The molecule has 2 aromatic carbocycles. The molecule has 0 atom stereocenters. The maximum Gasteiger partial charge on any atom is 0.336 e. The summed E-state index contributed by atoms with van der Waals surface area (Å²) in [5.74, 6) is 0. The highest BCUT2D eigenvalue weighted by molar-refractivity contribution is 6.02. The summed E-state index contributed by atoms with van der Waals surface area (Å²) in [5.41, 5.74) is 4.23. The van der Waals surface area contributed by atoms with Gasteiger partial charge in [-0.3, -0.25) is 4.90 Å². The van der Waals surface area contributed by atoms with Crippen LogP contribution < -0.4 is 5.63 Å². The Bertz CT molecular complexity index is 1150. The summed E-state index contributed by atoms with van der Waals surface area (Å²) in [4.78, 5) is 14.5. The van der Waals surface area contributed by atoms with Crippen molar-refractivity contribution in [3.05, 3.63) is 70.8 Å². The van der Waals surface area contributed by atoms with E-state index >= 15 is 0 Å². The fraction of sp³-hybridized carbons (Fsp3) is 0.261. The zero-order valence-electron chi connectivity index (χ0n) is 15.1. The molecular weight excluding hydrogens is 338 g/mol. The van der Waals surface area contributed by atoms with Crippen molar-refractivity contribution in [1.29, 1.82) is 0 Å². The van der Waals surface area contributed by atoms with Gasteiger partial charge in [0, 0.05) is 35.0 Å². The van der Waals surface area contributed by atoms with E-state index in [1.807, 2.05) is 24.3 Å². The smallest absolute Gasteiger partial charge is 0.336 e. The molecule has 1 aliphatic rings. The van der Waals surface area contributed by atoms with Gasteiger partial charge in [0.1, 0.15) is 11.2 Å². The maximum atomic E-state index is 12.1. The van der Waals surface area contributed by atoms with Crippen molar-refractivity contribution in [2.24, 2.45) is 0 Å². The SMILES string of the molecule is O=c1cc(CN2CCCCC2)c2cc3c(-c4ccccc4)coc3cc2o1. The Kier molecular flexibility index (Phi) is 4.06. The zero-order chi connectivity index (χ0) is 18.2. The molecular formula is C23H21NO3. The summed E-state index contributed by atoms with van der Waals surface area (Å²) in [6.07, 6.45) is 5.53. The molecule has 27 heavy (non-hydrogen) atoms. The van der Waals surface area contributed by atoms with Crippen molar-refractivity contribution >= 4 is 21.9 Å². The van der Waals surface area contributed by atoms with E-state index in [4.69, 9.17) is 8.83 Å². The standard InChI is InChI=1S/C23H21NO3/c25-23-11-17(14-24-9-5-2-6-10-24)18-12-19-20(16-7-3-1-4-8-16)15-26-21(19)13-22(18)27-23/h1,3-4,7-8,11-13,15H,2,5-6,9-10,14H2. The lowest BCUT2D eigenvalue weighted by atomic mass is 10.0. The molecule has 1 fully saturated rings. The lowest BCUT2D eigenvalue weighted by molar-refractivity contribution is 0.221. The quantitative estimate of drug-likeness (QED) is 0.472. The van der Waals surface area contributed by atoms with Crippen molar-refractivity contribution < 1.29 is 8.83 Å². The number of piperidine rings is 1. The van der Waals surface area contributed by atoms with Gasteiger partial charge in [0.05, 0.1) is 6.26 Å². The number of nitrogens with zero attached hydrogens (tertiary/aromatic N) is 1. The van der Waals surface area contributed by atoms with E-state index < -0.39 is 0 Å². The van der Waals surface area contributed by atoms with Gasteiger partial charge in [-0.1, -0.05) is 36.8 Å². The summed E-state index contributed by atoms with van der Waals surface area (Å²) in [6.45, 7) is 2.96. The van der Waals surface area contributed by atoms with Crippen LogP contribution in [0.25, 0.3) is 33.1 Å². The molecule has 1 saturated heterocycles. The van der Waals surface area contributed by atoms with Gasteiger partial charge in [0.15, 0.2) is 0 Å². The van der Waals surface area contributed by atoms with E-state index in [0.29, 0.717) is 5.58 Å². The first-order valence-electron chi connectivity index (χ1n) is 9.54. The monoisotopic (exact) mass is 359 g/mol. The average Bonchev–Trinajstić information content (AvgIpc) is 3.11. The minimum atomic E-state index is -0.302. The number of hydrogen-bond donors (Lipinski definition) is 0. The van der Waals surface area contributed by atoms with Crippen molar-refractivity contribution in [3.63, 3.8) is 0 Å². The molecule has 4 heteroatoms. The lowest BCUT2D eigenvalue weighted by Gasteiger charge is -2.26. The van der Waals surface area contributed by atoms with Crippen molar-refractivity contribution in [2.75, 3.05) is 13.1 Å². The fourth-order valence-corrected chi connectivity index (χ4v) is 4.08. The minimum Gasteiger partial charge on any atom is -0.464 e. The molecule has 0 radical (unpaired) electrons. The first kappa shape index (κ1) is 16.3. The van der Waals surface area contributed by atoms with Crippen LogP contribution in [0.2, 0.25) is 0 Å². The number of benzene rings is 2. The number of fused-ring (bicyclic) bond motifs is 2. The Morgan fingerprint density at radius 2 is 1.70 bits per heavy atom. The number of hydrogen-bond acceptors (Lipinski definition) is 4. The summed E-state index contributed by atoms with van der Waals surface area (Å²) in [5, 5.41) is 2.04. The van der Waals surface area contributed by atoms with Crippen LogP contribution in [-0.2, 0) is 6.54 Å². The fourth-order valence-electron chi connectivity index (χ4n) is 4.08. The van der Waals surface area contributed by atoms with E-state index in [1.165, 1.54) is 19.3 Å². The van der Waals surface area contributed by atoms with E-state index in [2.05, 4.69) is 23.1 Å². The predicted molar refractivity (Wildman–Crippen MR) is 107 cm³/mol. The Morgan fingerprint density at radius 1 is 0.889 bits per heavy atom. The topological polar surface area (TPSA) is 46.6 Å². The minimum absolute atomic E-state index is 0.302. The van der Waals surface area contributed by atoms with Gasteiger partial charge in [0.25, 0.3) is 0 Å². The lowest BCUT2D eigenvalue weighted by Crippen LogP contribution is -2.29. The predicted octanol–water partition coefficient (Wildman–Crippen LogP) is 5.19. The molecule has 0 spiro atoms. The summed E-state index contributed by atoms with van der Waals surface area (Å²) in [6, 6.07) is 15.8. The Labute approximate surface area is 157 Å². The molecule has 4 aromatic rings. The van der Waals surface area contributed by atoms with Gasteiger partial charge in [-0.15, -0.1) is 0 Å². The average molecular weight is 359 g/mol. The van der Waals surface area contributed by atoms with Gasteiger partial charge in [-0.05, 0) is 43.1 Å². The highest BCUT2D eigenvalue weighted by Crippen LogP contribution is 2.34. The maximum absolute atomic E-state index is 12.1. The number of rotatable bonds is 3. The highest BCUT2D eigenvalue weighted by Gasteiger charge is 2.16. The molecule has 0 bridgehead atoms. The first-order chi connectivity index (χ1) is 13.3. The zero-order valence-corrected chi connectivity index (χ0v) is 15.1. The van der Waals surface area contributed by atoms with Gasteiger partial charge in [0.2, 0.25) is 0 Å². The van der Waals surface area contributed by atoms with Crippen molar-refractivity contribution in [3.8, 4) is 11.1 Å². The van der Waals surface area contributed by atoms with Gasteiger partial charge in [-0.2, -0.15) is 0 Å².